The molecule has 0 aliphatic carbocycles. The number of aromatic nitrogens is 2. The van der Waals surface area contributed by atoms with Gasteiger partial charge in [-0.1, -0.05) is 40.2 Å². The Balaban J connectivity index is 1.89. The summed E-state index contributed by atoms with van der Waals surface area (Å²) < 4.78 is 14.1. The van der Waals surface area contributed by atoms with Gasteiger partial charge in [0.2, 0.25) is 0 Å². The van der Waals surface area contributed by atoms with E-state index in [2.05, 4.69) is 31.4 Å². The first-order valence-electron chi connectivity index (χ1n) is 6.12. The molecule has 20 heavy (non-hydrogen) atoms. The third-order valence-corrected chi connectivity index (χ3v) is 3.80. The zero-order valence-electron chi connectivity index (χ0n) is 10.5. The standard InChI is InChI=1S/C15H11BrFN3/c16-14-6-5-12(17)7-11(14)8-18-15-13-4-2-1-3-10(13)9-19-20-15/h1-7,9H,8H2,(H,18,20). The van der Waals surface area contributed by atoms with Gasteiger partial charge in [0.15, 0.2) is 5.82 Å². The zero-order chi connectivity index (χ0) is 13.9. The second kappa shape index (κ2) is 5.54. The lowest BCUT2D eigenvalue weighted by molar-refractivity contribution is 0.625. The van der Waals surface area contributed by atoms with Gasteiger partial charge in [-0.2, -0.15) is 5.10 Å². The third kappa shape index (κ3) is 2.63. The smallest absolute Gasteiger partial charge is 0.156 e. The molecule has 5 heteroatoms. The Kier molecular flexibility index (Phi) is 3.60. The molecule has 0 radical (unpaired) electrons. The molecule has 3 rings (SSSR count). The van der Waals surface area contributed by atoms with Gasteiger partial charge in [0.05, 0.1) is 6.20 Å². The molecule has 1 heterocycles. The van der Waals surface area contributed by atoms with Crippen LogP contribution in [0.1, 0.15) is 5.56 Å². The van der Waals surface area contributed by atoms with Crippen LogP contribution in [0.4, 0.5) is 10.2 Å². The summed E-state index contributed by atoms with van der Waals surface area (Å²) in [6.45, 7) is 0.473. The molecular formula is C15H11BrFN3. The molecule has 0 aliphatic rings. The highest BCUT2D eigenvalue weighted by molar-refractivity contribution is 9.10. The lowest BCUT2D eigenvalue weighted by Crippen LogP contribution is -2.04. The molecule has 0 spiro atoms. The summed E-state index contributed by atoms with van der Waals surface area (Å²) in [5, 5.41) is 13.3. The van der Waals surface area contributed by atoms with Gasteiger partial charge in [0.1, 0.15) is 5.82 Å². The fourth-order valence-electron chi connectivity index (χ4n) is 2.02. The third-order valence-electron chi connectivity index (χ3n) is 3.02. The summed E-state index contributed by atoms with van der Waals surface area (Å²) in [5.41, 5.74) is 0.833. The van der Waals surface area contributed by atoms with Crippen molar-refractivity contribution in [1.82, 2.24) is 10.2 Å². The second-order valence-corrected chi connectivity index (χ2v) is 5.22. The molecular weight excluding hydrogens is 321 g/mol. The molecule has 0 unspecified atom stereocenters. The Morgan fingerprint density at radius 3 is 2.90 bits per heavy atom. The van der Waals surface area contributed by atoms with Gasteiger partial charge in [-0.25, -0.2) is 4.39 Å². The zero-order valence-corrected chi connectivity index (χ0v) is 12.1. The fraction of sp³-hybridized carbons (Fsp3) is 0.0667. The molecule has 3 nitrogen and oxygen atoms in total. The summed E-state index contributed by atoms with van der Waals surface area (Å²) in [5.74, 6) is 0.438. The van der Waals surface area contributed by atoms with E-state index in [1.807, 2.05) is 24.3 Å². The van der Waals surface area contributed by atoms with E-state index in [9.17, 15) is 4.39 Å². The van der Waals surface area contributed by atoms with Crippen molar-refractivity contribution in [3.63, 3.8) is 0 Å². The molecule has 1 aromatic heterocycles. The highest BCUT2D eigenvalue weighted by Gasteiger charge is 2.05. The van der Waals surface area contributed by atoms with Crippen LogP contribution in [0.2, 0.25) is 0 Å². The average Bonchev–Trinajstić information content (AvgIpc) is 2.48. The first kappa shape index (κ1) is 13.0. The van der Waals surface area contributed by atoms with Crippen molar-refractivity contribution >= 4 is 32.5 Å². The molecule has 0 saturated carbocycles. The van der Waals surface area contributed by atoms with Crippen molar-refractivity contribution in [2.24, 2.45) is 0 Å². The quantitative estimate of drug-likeness (QED) is 0.783. The van der Waals surface area contributed by atoms with Gasteiger partial charge in [-0.15, -0.1) is 5.10 Å². The molecule has 1 N–H and O–H groups in total. The minimum Gasteiger partial charge on any atom is -0.364 e. The van der Waals surface area contributed by atoms with Gasteiger partial charge < -0.3 is 5.32 Å². The number of nitrogens with zero attached hydrogens (tertiary/aromatic N) is 2. The largest absolute Gasteiger partial charge is 0.364 e. The van der Waals surface area contributed by atoms with Crippen LogP contribution < -0.4 is 5.32 Å². The lowest BCUT2D eigenvalue weighted by atomic mass is 10.2. The predicted molar refractivity (Wildman–Crippen MR) is 81.0 cm³/mol. The van der Waals surface area contributed by atoms with E-state index in [1.165, 1.54) is 12.1 Å². The van der Waals surface area contributed by atoms with Gasteiger partial charge in [0, 0.05) is 21.8 Å². The van der Waals surface area contributed by atoms with E-state index in [-0.39, 0.29) is 5.82 Å². The molecule has 2 aromatic carbocycles. The topological polar surface area (TPSA) is 37.8 Å². The van der Waals surface area contributed by atoms with E-state index in [4.69, 9.17) is 0 Å². The molecule has 0 atom stereocenters. The molecule has 0 fully saturated rings. The molecule has 0 amide bonds. The van der Waals surface area contributed by atoms with E-state index < -0.39 is 0 Å². The van der Waals surface area contributed by atoms with Crippen LogP contribution in [-0.4, -0.2) is 10.2 Å². The van der Waals surface area contributed by atoms with Crippen LogP contribution in [0.25, 0.3) is 10.8 Å². The summed E-state index contributed by atoms with van der Waals surface area (Å²) in [4.78, 5) is 0. The Morgan fingerprint density at radius 2 is 2.00 bits per heavy atom. The van der Waals surface area contributed by atoms with E-state index >= 15 is 0 Å². The normalized spacial score (nSPS) is 10.7. The maximum Gasteiger partial charge on any atom is 0.156 e. The van der Waals surface area contributed by atoms with E-state index in [1.54, 1.807) is 12.3 Å². The Bertz CT molecular complexity index is 756. The monoisotopic (exact) mass is 331 g/mol. The first-order valence-corrected chi connectivity index (χ1v) is 6.91. The number of rotatable bonds is 3. The maximum absolute atomic E-state index is 13.2. The Hall–Kier alpha value is -2.01. The molecule has 0 saturated heterocycles. The minimum atomic E-state index is -0.256. The summed E-state index contributed by atoms with van der Waals surface area (Å²) in [6.07, 6.45) is 1.72. The highest BCUT2D eigenvalue weighted by atomic mass is 79.9. The van der Waals surface area contributed by atoms with E-state index in [0.29, 0.717) is 12.4 Å². The van der Waals surface area contributed by atoms with Crippen molar-refractivity contribution in [2.75, 3.05) is 5.32 Å². The molecule has 3 aromatic rings. The number of hydrogen-bond donors (Lipinski definition) is 1. The van der Waals surface area contributed by atoms with Crippen molar-refractivity contribution in [1.29, 1.82) is 0 Å². The number of halogens is 2. The van der Waals surface area contributed by atoms with Crippen LogP contribution in [0.15, 0.2) is 53.1 Å². The number of fused-ring (bicyclic) bond motifs is 1. The van der Waals surface area contributed by atoms with Gasteiger partial charge >= 0.3 is 0 Å². The summed E-state index contributed by atoms with van der Waals surface area (Å²) in [6, 6.07) is 12.5. The van der Waals surface area contributed by atoms with Gasteiger partial charge in [-0.3, -0.25) is 0 Å². The number of benzene rings is 2. The molecule has 100 valence electrons. The van der Waals surface area contributed by atoms with Gasteiger partial charge in [-0.05, 0) is 23.8 Å². The van der Waals surface area contributed by atoms with Crippen LogP contribution in [-0.2, 0) is 6.54 Å². The van der Waals surface area contributed by atoms with Crippen LogP contribution >= 0.6 is 15.9 Å². The second-order valence-electron chi connectivity index (χ2n) is 4.37. The van der Waals surface area contributed by atoms with Crippen LogP contribution in [0.3, 0.4) is 0 Å². The first-order chi connectivity index (χ1) is 9.74. The van der Waals surface area contributed by atoms with Crippen molar-refractivity contribution < 1.29 is 4.39 Å². The Morgan fingerprint density at radius 1 is 1.15 bits per heavy atom. The van der Waals surface area contributed by atoms with Crippen LogP contribution in [0, 0.1) is 5.82 Å². The lowest BCUT2D eigenvalue weighted by Gasteiger charge is -2.09. The summed E-state index contributed by atoms with van der Waals surface area (Å²) in [7, 11) is 0. The molecule has 0 aliphatic heterocycles. The fourth-order valence-corrected chi connectivity index (χ4v) is 2.40. The number of nitrogens with one attached hydrogen (secondary N) is 1. The number of hydrogen-bond acceptors (Lipinski definition) is 3. The maximum atomic E-state index is 13.2. The van der Waals surface area contributed by atoms with E-state index in [0.717, 1.165) is 20.8 Å². The van der Waals surface area contributed by atoms with Crippen molar-refractivity contribution in [2.45, 2.75) is 6.54 Å². The highest BCUT2D eigenvalue weighted by Crippen LogP contribution is 2.22. The average molecular weight is 332 g/mol. The number of anilines is 1. The van der Waals surface area contributed by atoms with Crippen LogP contribution in [0.5, 0.6) is 0 Å². The Labute approximate surface area is 124 Å². The molecule has 0 bridgehead atoms. The van der Waals surface area contributed by atoms with Crippen molar-refractivity contribution in [3.05, 3.63) is 64.5 Å². The summed E-state index contributed by atoms with van der Waals surface area (Å²) >= 11 is 3.41. The van der Waals surface area contributed by atoms with Crippen molar-refractivity contribution in [3.8, 4) is 0 Å². The SMILES string of the molecule is Fc1ccc(Br)c(CNc2nncc3ccccc23)c1. The minimum absolute atomic E-state index is 0.256. The predicted octanol–water partition coefficient (Wildman–Crippen LogP) is 4.14. The van der Waals surface area contributed by atoms with Gasteiger partial charge in [0.25, 0.3) is 0 Å².